The van der Waals surface area contributed by atoms with Gasteiger partial charge in [0.1, 0.15) is 0 Å². The zero-order valence-electron chi connectivity index (χ0n) is 25.3. The van der Waals surface area contributed by atoms with Crippen molar-refractivity contribution < 1.29 is 23.9 Å². The fourth-order valence-corrected chi connectivity index (χ4v) is 6.97. The molecule has 0 aliphatic carbocycles. The SMILES string of the molecule is COC(=O)c1ccccc1C(=O)N1CC2CN(CCCN(C(=O)C3CCN(C(C)=O)CC3)c3ccc(C)c(Cl)c3)CC2C1. The summed E-state index contributed by atoms with van der Waals surface area (Å²) in [5, 5.41) is 0.641. The van der Waals surface area contributed by atoms with Gasteiger partial charge in [0.05, 0.1) is 18.2 Å². The Balaban J connectivity index is 1.17. The fraction of sp³-hybridized carbons (Fsp3) is 0.515. The number of rotatable bonds is 8. The predicted octanol–water partition coefficient (Wildman–Crippen LogP) is 4.12. The van der Waals surface area contributed by atoms with Crippen LogP contribution in [0.4, 0.5) is 5.69 Å². The molecule has 0 radical (unpaired) electrons. The Labute approximate surface area is 258 Å². The number of anilines is 1. The molecule has 9 nitrogen and oxygen atoms in total. The Morgan fingerprint density at radius 2 is 1.58 bits per heavy atom. The monoisotopic (exact) mass is 608 g/mol. The second kappa shape index (κ2) is 13.5. The Bertz CT molecular complexity index is 1360. The number of hydrogen-bond donors (Lipinski definition) is 0. The summed E-state index contributed by atoms with van der Waals surface area (Å²) < 4.78 is 4.87. The average molecular weight is 609 g/mol. The lowest BCUT2D eigenvalue weighted by atomic mass is 9.94. The van der Waals surface area contributed by atoms with E-state index in [1.165, 1.54) is 7.11 Å². The van der Waals surface area contributed by atoms with Gasteiger partial charge in [-0.15, -0.1) is 0 Å². The van der Waals surface area contributed by atoms with Gasteiger partial charge in [-0.1, -0.05) is 29.8 Å². The highest BCUT2D eigenvalue weighted by molar-refractivity contribution is 6.31. The second-order valence-corrected chi connectivity index (χ2v) is 12.5. The van der Waals surface area contributed by atoms with Crippen molar-refractivity contribution in [2.75, 3.05) is 64.4 Å². The van der Waals surface area contributed by atoms with Crippen molar-refractivity contribution in [3.8, 4) is 0 Å². The molecule has 0 aromatic heterocycles. The van der Waals surface area contributed by atoms with Crippen molar-refractivity contribution in [1.82, 2.24) is 14.7 Å². The first-order valence-electron chi connectivity index (χ1n) is 15.2. The van der Waals surface area contributed by atoms with Crippen LogP contribution >= 0.6 is 11.6 Å². The number of benzene rings is 2. The van der Waals surface area contributed by atoms with Crippen molar-refractivity contribution in [3.05, 3.63) is 64.2 Å². The molecule has 3 aliphatic rings. The number of halogens is 1. The van der Waals surface area contributed by atoms with E-state index >= 15 is 0 Å². The largest absolute Gasteiger partial charge is 0.465 e. The minimum Gasteiger partial charge on any atom is -0.465 e. The number of methoxy groups -OCH3 is 1. The van der Waals surface area contributed by atoms with Crippen molar-refractivity contribution in [2.45, 2.75) is 33.1 Å². The van der Waals surface area contributed by atoms with Gasteiger partial charge in [-0.3, -0.25) is 14.4 Å². The number of amides is 3. The van der Waals surface area contributed by atoms with Crippen LogP contribution in [0.3, 0.4) is 0 Å². The summed E-state index contributed by atoms with van der Waals surface area (Å²) >= 11 is 6.46. The smallest absolute Gasteiger partial charge is 0.338 e. The molecule has 10 heteroatoms. The standard InChI is InChI=1S/C33H41ClN4O5/c1-22-9-10-27(17-30(22)34)38(31(40)24-11-15-36(16-12-24)23(2)39)14-6-13-35-18-25-20-37(21-26(25)19-35)32(41)28-7-4-5-8-29(28)33(42)43-3/h4-5,7-10,17,24-26H,6,11-16,18-21H2,1-3H3. The summed E-state index contributed by atoms with van der Waals surface area (Å²) in [7, 11) is 1.32. The summed E-state index contributed by atoms with van der Waals surface area (Å²) in [6.45, 7) is 9.34. The molecule has 0 saturated carbocycles. The first-order chi connectivity index (χ1) is 20.7. The zero-order chi connectivity index (χ0) is 30.7. The van der Waals surface area contributed by atoms with E-state index in [1.807, 2.05) is 39.8 Å². The molecule has 2 aromatic rings. The number of nitrogens with zero attached hydrogens (tertiary/aromatic N) is 4. The van der Waals surface area contributed by atoms with Crippen molar-refractivity contribution in [3.63, 3.8) is 0 Å². The maximum atomic E-state index is 13.8. The molecular weight excluding hydrogens is 568 g/mol. The number of piperidine rings is 1. The van der Waals surface area contributed by atoms with E-state index in [9.17, 15) is 19.2 Å². The maximum absolute atomic E-state index is 13.8. The summed E-state index contributed by atoms with van der Waals surface area (Å²) in [5.41, 5.74) is 2.47. The van der Waals surface area contributed by atoms with Gasteiger partial charge in [-0.05, 0) is 74.4 Å². The first-order valence-corrected chi connectivity index (χ1v) is 15.6. The number of ether oxygens (including phenoxy) is 1. The van der Waals surface area contributed by atoms with E-state index in [2.05, 4.69) is 4.90 Å². The van der Waals surface area contributed by atoms with Gasteiger partial charge in [0.15, 0.2) is 0 Å². The number of aryl methyl sites for hydroxylation is 1. The molecule has 2 unspecified atom stereocenters. The molecule has 3 saturated heterocycles. The normalized spacial score (nSPS) is 20.7. The minimum absolute atomic E-state index is 0.0574. The zero-order valence-corrected chi connectivity index (χ0v) is 26.0. The van der Waals surface area contributed by atoms with E-state index < -0.39 is 5.97 Å². The lowest BCUT2D eigenvalue weighted by molar-refractivity contribution is -0.133. The molecule has 3 aliphatic heterocycles. The number of likely N-dealkylation sites (tertiary alicyclic amines) is 3. The Morgan fingerprint density at radius 3 is 2.19 bits per heavy atom. The van der Waals surface area contributed by atoms with E-state index in [0.29, 0.717) is 73.6 Å². The fourth-order valence-electron chi connectivity index (χ4n) is 6.80. The van der Waals surface area contributed by atoms with Crippen LogP contribution in [0.1, 0.15) is 52.5 Å². The molecule has 3 fully saturated rings. The maximum Gasteiger partial charge on any atom is 0.338 e. The quantitative estimate of drug-likeness (QED) is 0.419. The first kappa shape index (κ1) is 31.0. The van der Waals surface area contributed by atoms with Crippen LogP contribution in [-0.4, -0.2) is 97.9 Å². The van der Waals surface area contributed by atoms with E-state index in [4.69, 9.17) is 16.3 Å². The molecule has 3 heterocycles. The Hall–Kier alpha value is -3.43. The average Bonchev–Trinajstić information content (AvgIpc) is 3.59. The van der Waals surface area contributed by atoms with E-state index in [-0.39, 0.29) is 23.6 Å². The van der Waals surface area contributed by atoms with Gasteiger partial charge in [0.25, 0.3) is 5.91 Å². The molecule has 0 N–H and O–H groups in total. The van der Waals surface area contributed by atoms with Crippen LogP contribution in [0.2, 0.25) is 5.02 Å². The summed E-state index contributed by atoms with van der Waals surface area (Å²) in [6, 6.07) is 12.6. The van der Waals surface area contributed by atoms with E-state index in [0.717, 1.165) is 37.3 Å². The van der Waals surface area contributed by atoms with Gasteiger partial charge in [-0.25, -0.2) is 4.79 Å². The van der Waals surface area contributed by atoms with Crippen molar-refractivity contribution in [2.24, 2.45) is 17.8 Å². The predicted molar refractivity (Wildman–Crippen MR) is 165 cm³/mol. The molecule has 0 spiro atoms. The number of esters is 1. The Kier molecular flexibility index (Phi) is 9.72. The summed E-state index contributed by atoms with van der Waals surface area (Å²) in [4.78, 5) is 59.0. The highest BCUT2D eigenvalue weighted by Gasteiger charge is 2.42. The third-order valence-electron chi connectivity index (χ3n) is 9.29. The molecule has 5 rings (SSSR count). The highest BCUT2D eigenvalue weighted by atomic mass is 35.5. The summed E-state index contributed by atoms with van der Waals surface area (Å²) in [6.07, 6.45) is 2.16. The molecule has 2 atom stereocenters. The van der Waals surface area contributed by atoms with Crippen LogP contribution in [0.15, 0.2) is 42.5 Å². The minimum atomic E-state index is -0.503. The van der Waals surface area contributed by atoms with Crippen LogP contribution < -0.4 is 4.90 Å². The van der Waals surface area contributed by atoms with E-state index in [1.54, 1.807) is 31.2 Å². The topological polar surface area (TPSA) is 90.5 Å². The lowest BCUT2D eigenvalue weighted by Gasteiger charge is -2.34. The molecule has 3 amide bonds. The van der Waals surface area contributed by atoms with Crippen LogP contribution in [0.25, 0.3) is 0 Å². The van der Waals surface area contributed by atoms with Crippen molar-refractivity contribution >= 4 is 41.0 Å². The number of carbonyl (C=O) groups excluding carboxylic acids is 4. The third kappa shape index (κ3) is 6.88. The van der Waals surface area contributed by atoms with Gasteiger partial charge in [0.2, 0.25) is 11.8 Å². The number of fused-ring (bicyclic) bond motifs is 1. The highest BCUT2D eigenvalue weighted by Crippen LogP contribution is 2.33. The molecule has 43 heavy (non-hydrogen) atoms. The van der Waals surface area contributed by atoms with Crippen LogP contribution in [0.5, 0.6) is 0 Å². The third-order valence-corrected chi connectivity index (χ3v) is 9.70. The van der Waals surface area contributed by atoms with Gasteiger partial charge in [-0.2, -0.15) is 0 Å². The molecule has 0 bridgehead atoms. The Morgan fingerprint density at radius 1 is 0.930 bits per heavy atom. The molecular formula is C33H41ClN4O5. The van der Waals surface area contributed by atoms with Gasteiger partial charge in [0, 0.05) is 69.4 Å². The van der Waals surface area contributed by atoms with Crippen molar-refractivity contribution in [1.29, 1.82) is 0 Å². The summed E-state index contributed by atoms with van der Waals surface area (Å²) in [5.74, 6) is 0.182. The van der Waals surface area contributed by atoms with Gasteiger partial charge < -0.3 is 24.3 Å². The number of carbonyl (C=O) groups is 4. The van der Waals surface area contributed by atoms with Crippen LogP contribution in [-0.2, 0) is 14.3 Å². The van der Waals surface area contributed by atoms with Crippen LogP contribution in [0, 0.1) is 24.7 Å². The second-order valence-electron chi connectivity index (χ2n) is 12.1. The molecule has 2 aromatic carbocycles. The number of hydrogen-bond acceptors (Lipinski definition) is 6. The van der Waals surface area contributed by atoms with Gasteiger partial charge >= 0.3 is 5.97 Å². The lowest BCUT2D eigenvalue weighted by Crippen LogP contribution is -2.44. The molecule has 230 valence electrons.